The molecular formula is C14H18F2N4. The van der Waals surface area contributed by atoms with E-state index in [2.05, 4.69) is 10.2 Å². The third-order valence-corrected chi connectivity index (χ3v) is 3.05. The van der Waals surface area contributed by atoms with Crippen molar-refractivity contribution in [1.29, 1.82) is 0 Å². The van der Waals surface area contributed by atoms with Gasteiger partial charge in [0.25, 0.3) is 0 Å². The summed E-state index contributed by atoms with van der Waals surface area (Å²) in [4.78, 5) is 0. The first-order chi connectivity index (χ1) is 9.34. The average Bonchev–Trinajstić information content (AvgIpc) is 2.76. The van der Waals surface area contributed by atoms with E-state index in [9.17, 15) is 8.78 Å². The highest BCUT2D eigenvalue weighted by atomic mass is 19.1. The minimum atomic E-state index is -0.581. The van der Waals surface area contributed by atoms with E-state index < -0.39 is 11.6 Å². The fraction of sp³-hybridized carbons (Fsp3) is 0.429. The summed E-state index contributed by atoms with van der Waals surface area (Å²) >= 11 is 0. The summed E-state index contributed by atoms with van der Waals surface area (Å²) in [6.07, 6.45) is 0.0444. The van der Waals surface area contributed by atoms with E-state index in [4.69, 9.17) is 5.73 Å². The molecule has 6 heteroatoms. The van der Waals surface area contributed by atoms with Crippen LogP contribution in [0.5, 0.6) is 0 Å². The summed E-state index contributed by atoms with van der Waals surface area (Å²) in [7, 11) is 0. The van der Waals surface area contributed by atoms with E-state index >= 15 is 0 Å². The van der Waals surface area contributed by atoms with Gasteiger partial charge in [-0.2, -0.15) is 0 Å². The average molecular weight is 280 g/mol. The zero-order valence-electron chi connectivity index (χ0n) is 11.8. The Morgan fingerprint density at radius 3 is 2.15 bits per heavy atom. The van der Waals surface area contributed by atoms with Crippen LogP contribution in [0.25, 0.3) is 0 Å². The summed E-state index contributed by atoms with van der Waals surface area (Å²) in [5.41, 5.74) is 5.33. The van der Waals surface area contributed by atoms with Crippen LogP contribution in [0.4, 0.5) is 8.78 Å². The first-order valence-corrected chi connectivity index (χ1v) is 6.41. The minimum absolute atomic E-state index is 0.00558. The van der Waals surface area contributed by atoms with E-state index in [0.717, 1.165) is 0 Å². The van der Waals surface area contributed by atoms with Crippen LogP contribution in [0, 0.1) is 11.6 Å². The second-order valence-electron chi connectivity index (χ2n) is 5.62. The third-order valence-electron chi connectivity index (χ3n) is 3.05. The van der Waals surface area contributed by atoms with Crippen LogP contribution in [0.2, 0.25) is 0 Å². The lowest BCUT2D eigenvalue weighted by Crippen LogP contribution is -2.27. The summed E-state index contributed by atoms with van der Waals surface area (Å²) in [5, 5.41) is 8.03. The molecule has 0 radical (unpaired) electrons. The van der Waals surface area contributed by atoms with E-state index in [1.54, 1.807) is 0 Å². The summed E-state index contributed by atoms with van der Waals surface area (Å²) in [6.45, 7) is 6.13. The summed E-state index contributed by atoms with van der Waals surface area (Å²) in [6, 6.07) is 3.81. The molecule has 1 aromatic heterocycles. The largest absolute Gasteiger partial charge is 0.324 e. The molecule has 0 saturated carbocycles. The van der Waals surface area contributed by atoms with E-state index in [1.165, 1.54) is 18.2 Å². The Morgan fingerprint density at radius 2 is 1.65 bits per heavy atom. The van der Waals surface area contributed by atoms with E-state index in [0.29, 0.717) is 11.6 Å². The first kappa shape index (κ1) is 14.6. The van der Waals surface area contributed by atoms with E-state index in [-0.39, 0.29) is 24.1 Å². The van der Waals surface area contributed by atoms with Gasteiger partial charge in [0.05, 0.1) is 6.54 Å². The lowest BCUT2D eigenvalue weighted by Gasteiger charge is -2.24. The standard InChI is InChI=1S/C14H18F2N4/c1-14(2,3)20-12(18-19-13(20)8-17)7-9-10(15)5-4-6-11(9)16/h4-6H,7-8,17H2,1-3H3. The molecule has 0 fully saturated rings. The Kier molecular flexibility index (Phi) is 3.85. The molecule has 2 rings (SSSR count). The molecule has 1 heterocycles. The summed E-state index contributed by atoms with van der Waals surface area (Å²) < 4.78 is 29.3. The molecule has 0 aliphatic heterocycles. The number of nitrogens with two attached hydrogens (primary N) is 1. The number of hydrogen-bond donors (Lipinski definition) is 1. The van der Waals surface area contributed by atoms with Gasteiger partial charge < -0.3 is 10.3 Å². The maximum Gasteiger partial charge on any atom is 0.147 e. The van der Waals surface area contributed by atoms with Crippen molar-refractivity contribution in [3.63, 3.8) is 0 Å². The highest BCUT2D eigenvalue weighted by Gasteiger charge is 2.23. The fourth-order valence-corrected chi connectivity index (χ4v) is 2.23. The SMILES string of the molecule is CC(C)(C)n1c(CN)nnc1Cc1c(F)cccc1F. The van der Waals surface area contributed by atoms with Crippen LogP contribution in [-0.2, 0) is 18.5 Å². The Balaban J connectivity index is 2.47. The molecule has 0 bridgehead atoms. The van der Waals surface area contributed by atoms with Gasteiger partial charge in [-0.05, 0) is 32.9 Å². The van der Waals surface area contributed by atoms with Crippen molar-refractivity contribution in [3.8, 4) is 0 Å². The number of nitrogens with zero attached hydrogens (tertiary/aromatic N) is 3. The fourth-order valence-electron chi connectivity index (χ4n) is 2.23. The number of aromatic nitrogens is 3. The molecule has 2 N–H and O–H groups in total. The Labute approximate surface area is 116 Å². The molecule has 0 amide bonds. The summed E-state index contributed by atoms with van der Waals surface area (Å²) in [5.74, 6) is -0.0586. The minimum Gasteiger partial charge on any atom is -0.324 e. The van der Waals surface area contributed by atoms with Crippen LogP contribution in [0.15, 0.2) is 18.2 Å². The van der Waals surface area contributed by atoms with Crippen LogP contribution in [0.3, 0.4) is 0 Å². The number of rotatable bonds is 3. The second-order valence-corrected chi connectivity index (χ2v) is 5.62. The molecular weight excluding hydrogens is 262 g/mol. The van der Waals surface area contributed by atoms with Gasteiger partial charge in [-0.25, -0.2) is 8.78 Å². The van der Waals surface area contributed by atoms with Gasteiger partial charge in [0.2, 0.25) is 0 Å². The molecule has 0 aliphatic rings. The molecule has 0 aliphatic carbocycles. The van der Waals surface area contributed by atoms with Crippen molar-refractivity contribution in [2.24, 2.45) is 5.73 Å². The van der Waals surface area contributed by atoms with Gasteiger partial charge in [-0.3, -0.25) is 0 Å². The van der Waals surface area contributed by atoms with Crippen molar-refractivity contribution >= 4 is 0 Å². The third kappa shape index (κ3) is 2.70. The molecule has 2 aromatic rings. The van der Waals surface area contributed by atoms with Crippen LogP contribution >= 0.6 is 0 Å². The number of halogens is 2. The number of benzene rings is 1. The first-order valence-electron chi connectivity index (χ1n) is 6.41. The molecule has 1 aromatic carbocycles. The smallest absolute Gasteiger partial charge is 0.147 e. The van der Waals surface area contributed by atoms with Gasteiger partial charge in [0.1, 0.15) is 23.3 Å². The normalized spacial score (nSPS) is 11.9. The van der Waals surface area contributed by atoms with Gasteiger partial charge >= 0.3 is 0 Å². The van der Waals surface area contributed by atoms with Crippen molar-refractivity contribution in [3.05, 3.63) is 47.0 Å². The van der Waals surface area contributed by atoms with Gasteiger partial charge in [0.15, 0.2) is 0 Å². The van der Waals surface area contributed by atoms with Gasteiger partial charge in [0, 0.05) is 17.5 Å². The quantitative estimate of drug-likeness (QED) is 0.939. The lowest BCUT2D eigenvalue weighted by atomic mass is 10.1. The molecule has 0 saturated heterocycles. The monoisotopic (exact) mass is 280 g/mol. The van der Waals surface area contributed by atoms with Crippen LogP contribution in [0.1, 0.15) is 38.0 Å². The van der Waals surface area contributed by atoms with Crippen molar-refractivity contribution in [2.45, 2.75) is 39.3 Å². The highest BCUT2D eigenvalue weighted by Crippen LogP contribution is 2.22. The molecule has 0 atom stereocenters. The highest BCUT2D eigenvalue weighted by molar-refractivity contribution is 5.23. The maximum absolute atomic E-state index is 13.7. The Bertz CT molecular complexity index is 594. The van der Waals surface area contributed by atoms with Gasteiger partial charge in [-0.15, -0.1) is 10.2 Å². The molecule has 0 unspecified atom stereocenters. The molecule has 0 spiro atoms. The number of hydrogen-bond acceptors (Lipinski definition) is 3. The molecule has 20 heavy (non-hydrogen) atoms. The zero-order chi connectivity index (χ0) is 14.9. The predicted molar refractivity (Wildman–Crippen MR) is 72.1 cm³/mol. The zero-order valence-corrected chi connectivity index (χ0v) is 11.8. The van der Waals surface area contributed by atoms with E-state index in [1.807, 2.05) is 25.3 Å². The van der Waals surface area contributed by atoms with Gasteiger partial charge in [-0.1, -0.05) is 6.07 Å². The van der Waals surface area contributed by atoms with Crippen molar-refractivity contribution < 1.29 is 8.78 Å². The van der Waals surface area contributed by atoms with Crippen molar-refractivity contribution in [2.75, 3.05) is 0 Å². The predicted octanol–water partition coefficient (Wildman–Crippen LogP) is 2.36. The lowest BCUT2D eigenvalue weighted by molar-refractivity contribution is 0.370. The second kappa shape index (κ2) is 5.28. The topological polar surface area (TPSA) is 56.7 Å². The maximum atomic E-state index is 13.7. The van der Waals surface area contributed by atoms with Crippen LogP contribution in [-0.4, -0.2) is 14.8 Å². The Hall–Kier alpha value is -1.82. The molecule has 4 nitrogen and oxygen atoms in total. The van der Waals surface area contributed by atoms with Crippen molar-refractivity contribution in [1.82, 2.24) is 14.8 Å². The Morgan fingerprint density at radius 1 is 1.10 bits per heavy atom. The van der Waals surface area contributed by atoms with Crippen LogP contribution < -0.4 is 5.73 Å². The molecule has 108 valence electrons.